The van der Waals surface area contributed by atoms with Crippen molar-refractivity contribution in [1.82, 2.24) is 10.3 Å². The highest BCUT2D eigenvalue weighted by Gasteiger charge is 2.41. The standard InChI is InChI=1S/C23H26N4O2S/c1-12-6-7-13-8-9-14(10-16(13)25-12)20(29)26-21-17(19(24)28)15-11-22(2,3)27-23(4,5)18(15)30-21/h6-10,27H,11H2,1-5H3,(H2,24,28)(H,26,29). The maximum absolute atomic E-state index is 13.0. The van der Waals surface area contributed by atoms with Crippen LogP contribution in [-0.4, -0.2) is 22.3 Å². The molecule has 1 aliphatic heterocycles. The SMILES string of the molecule is Cc1ccc2ccc(C(=O)Nc3sc4c(c3C(N)=O)CC(C)(C)NC4(C)C)cc2n1. The number of aromatic nitrogens is 1. The molecule has 3 heterocycles. The lowest BCUT2D eigenvalue weighted by atomic mass is 9.81. The van der Waals surface area contributed by atoms with Gasteiger partial charge in [-0.15, -0.1) is 11.3 Å². The van der Waals surface area contributed by atoms with Gasteiger partial charge in [0.2, 0.25) is 0 Å². The van der Waals surface area contributed by atoms with E-state index in [4.69, 9.17) is 5.73 Å². The van der Waals surface area contributed by atoms with Crippen LogP contribution in [0.1, 0.15) is 64.5 Å². The number of nitrogens with one attached hydrogen (secondary N) is 2. The molecule has 0 radical (unpaired) electrons. The number of carbonyl (C=O) groups excluding carboxylic acids is 2. The number of rotatable bonds is 3. The van der Waals surface area contributed by atoms with Crippen LogP contribution in [0.3, 0.4) is 0 Å². The second-order valence-corrected chi connectivity index (χ2v) is 10.1. The Morgan fingerprint density at radius 2 is 1.87 bits per heavy atom. The highest BCUT2D eigenvalue weighted by molar-refractivity contribution is 7.17. The number of pyridine rings is 1. The van der Waals surface area contributed by atoms with E-state index in [0.717, 1.165) is 27.0 Å². The molecule has 156 valence electrons. The molecule has 6 nitrogen and oxygen atoms in total. The summed E-state index contributed by atoms with van der Waals surface area (Å²) < 4.78 is 0. The molecule has 30 heavy (non-hydrogen) atoms. The van der Waals surface area contributed by atoms with Crippen LogP contribution in [0.5, 0.6) is 0 Å². The van der Waals surface area contributed by atoms with Crippen molar-refractivity contribution in [3.8, 4) is 0 Å². The van der Waals surface area contributed by atoms with Crippen LogP contribution in [0.15, 0.2) is 30.3 Å². The van der Waals surface area contributed by atoms with Gasteiger partial charge < -0.3 is 16.4 Å². The first-order valence-electron chi connectivity index (χ1n) is 9.91. The van der Waals surface area contributed by atoms with Crippen LogP contribution in [0.2, 0.25) is 0 Å². The van der Waals surface area contributed by atoms with Gasteiger partial charge in [-0.1, -0.05) is 12.1 Å². The molecule has 0 saturated carbocycles. The largest absolute Gasteiger partial charge is 0.365 e. The Labute approximate surface area is 179 Å². The molecule has 0 bridgehead atoms. The Balaban J connectivity index is 1.74. The number of aryl methyl sites for hydroxylation is 1. The zero-order valence-electron chi connectivity index (χ0n) is 17.8. The predicted molar refractivity (Wildman–Crippen MR) is 121 cm³/mol. The van der Waals surface area contributed by atoms with Gasteiger partial charge in [-0.25, -0.2) is 0 Å². The summed E-state index contributed by atoms with van der Waals surface area (Å²) in [4.78, 5) is 30.9. The van der Waals surface area contributed by atoms with Crippen molar-refractivity contribution in [2.24, 2.45) is 5.73 Å². The quantitative estimate of drug-likeness (QED) is 0.592. The Kier molecular flexibility index (Phi) is 4.71. The van der Waals surface area contributed by atoms with Gasteiger partial charge in [0, 0.05) is 32.6 Å². The van der Waals surface area contributed by atoms with E-state index in [2.05, 4.69) is 43.3 Å². The number of thiophene rings is 1. The summed E-state index contributed by atoms with van der Waals surface area (Å²) in [7, 11) is 0. The first-order chi connectivity index (χ1) is 14.0. The van der Waals surface area contributed by atoms with Crippen LogP contribution in [-0.2, 0) is 12.0 Å². The Bertz CT molecular complexity index is 1190. The van der Waals surface area contributed by atoms with Crippen molar-refractivity contribution in [3.05, 3.63) is 57.6 Å². The van der Waals surface area contributed by atoms with E-state index in [9.17, 15) is 9.59 Å². The van der Waals surface area contributed by atoms with Gasteiger partial charge in [0.15, 0.2) is 0 Å². The van der Waals surface area contributed by atoms with Gasteiger partial charge in [0.05, 0.1) is 11.1 Å². The van der Waals surface area contributed by atoms with Gasteiger partial charge in [0.25, 0.3) is 11.8 Å². The third-order valence-corrected chi connectivity index (χ3v) is 6.88. The summed E-state index contributed by atoms with van der Waals surface area (Å²) in [6.45, 7) is 10.3. The topological polar surface area (TPSA) is 97.1 Å². The van der Waals surface area contributed by atoms with E-state index in [-0.39, 0.29) is 17.0 Å². The van der Waals surface area contributed by atoms with E-state index in [1.165, 1.54) is 11.3 Å². The molecule has 4 N–H and O–H groups in total. The third kappa shape index (κ3) is 3.59. The van der Waals surface area contributed by atoms with Crippen LogP contribution in [0, 0.1) is 6.92 Å². The lowest BCUT2D eigenvalue weighted by Gasteiger charge is -2.42. The molecule has 4 rings (SSSR count). The normalized spacial score (nSPS) is 16.8. The fraction of sp³-hybridized carbons (Fsp3) is 0.348. The minimum absolute atomic E-state index is 0.190. The molecule has 7 heteroatoms. The van der Waals surface area contributed by atoms with Crippen LogP contribution in [0.25, 0.3) is 10.9 Å². The van der Waals surface area contributed by atoms with Gasteiger partial charge >= 0.3 is 0 Å². The minimum Gasteiger partial charge on any atom is -0.365 e. The number of anilines is 1. The Morgan fingerprint density at radius 1 is 1.17 bits per heavy atom. The second-order valence-electron chi connectivity index (χ2n) is 9.10. The molecule has 0 unspecified atom stereocenters. The maximum atomic E-state index is 13.0. The van der Waals surface area contributed by atoms with Gasteiger partial charge in [-0.3, -0.25) is 14.6 Å². The highest BCUT2D eigenvalue weighted by atomic mass is 32.1. The van der Waals surface area contributed by atoms with E-state index in [0.29, 0.717) is 22.5 Å². The Morgan fingerprint density at radius 3 is 2.57 bits per heavy atom. The number of nitrogens with two attached hydrogens (primary N) is 1. The van der Waals surface area contributed by atoms with Gasteiger partial charge in [-0.05, 0) is 64.8 Å². The van der Waals surface area contributed by atoms with Crippen molar-refractivity contribution in [2.45, 2.75) is 52.1 Å². The van der Waals surface area contributed by atoms with E-state index >= 15 is 0 Å². The Hall–Kier alpha value is -2.77. The summed E-state index contributed by atoms with van der Waals surface area (Å²) in [5.41, 5.74) is 8.70. The van der Waals surface area contributed by atoms with Gasteiger partial charge in [-0.2, -0.15) is 0 Å². The zero-order valence-corrected chi connectivity index (χ0v) is 18.7. The zero-order chi connectivity index (χ0) is 21.8. The number of nitrogens with zero attached hydrogens (tertiary/aromatic N) is 1. The number of benzene rings is 1. The lowest BCUT2D eigenvalue weighted by Crippen LogP contribution is -2.55. The first-order valence-corrected chi connectivity index (χ1v) is 10.7. The third-order valence-electron chi connectivity index (χ3n) is 5.41. The number of hydrogen-bond donors (Lipinski definition) is 3. The van der Waals surface area contributed by atoms with E-state index in [1.54, 1.807) is 12.1 Å². The number of carbonyl (C=O) groups is 2. The maximum Gasteiger partial charge on any atom is 0.256 e. The molecule has 2 amide bonds. The number of hydrogen-bond acceptors (Lipinski definition) is 5. The highest BCUT2D eigenvalue weighted by Crippen LogP contribution is 2.45. The van der Waals surface area contributed by atoms with Crippen LogP contribution >= 0.6 is 11.3 Å². The molecule has 0 atom stereocenters. The average molecular weight is 423 g/mol. The second kappa shape index (κ2) is 6.89. The average Bonchev–Trinajstić information content (AvgIpc) is 2.98. The van der Waals surface area contributed by atoms with Crippen molar-refractivity contribution >= 4 is 39.1 Å². The summed E-state index contributed by atoms with van der Waals surface area (Å²) in [5, 5.41) is 8.02. The molecule has 0 fully saturated rings. The van der Waals surface area contributed by atoms with Crippen LogP contribution in [0.4, 0.5) is 5.00 Å². The number of fused-ring (bicyclic) bond motifs is 2. The molecule has 1 aliphatic rings. The summed E-state index contributed by atoms with van der Waals surface area (Å²) in [6.07, 6.45) is 0.662. The molecule has 0 aliphatic carbocycles. The molecule has 0 spiro atoms. The fourth-order valence-corrected chi connectivity index (χ4v) is 5.69. The fourth-order valence-electron chi connectivity index (χ4n) is 4.41. The van der Waals surface area contributed by atoms with Gasteiger partial charge in [0.1, 0.15) is 5.00 Å². The van der Waals surface area contributed by atoms with Crippen molar-refractivity contribution in [1.29, 1.82) is 0 Å². The molecule has 2 aromatic heterocycles. The van der Waals surface area contributed by atoms with E-state index < -0.39 is 5.91 Å². The van der Waals surface area contributed by atoms with Crippen molar-refractivity contribution in [2.75, 3.05) is 5.32 Å². The summed E-state index contributed by atoms with van der Waals surface area (Å²) in [6, 6.07) is 9.33. The molecule has 0 saturated heterocycles. The van der Waals surface area contributed by atoms with Crippen molar-refractivity contribution in [3.63, 3.8) is 0 Å². The van der Waals surface area contributed by atoms with Crippen LogP contribution < -0.4 is 16.4 Å². The smallest absolute Gasteiger partial charge is 0.256 e. The summed E-state index contributed by atoms with van der Waals surface area (Å²) >= 11 is 1.42. The van der Waals surface area contributed by atoms with E-state index in [1.807, 2.05) is 25.1 Å². The molecule has 1 aromatic carbocycles. The number of primary amides is 1. The number of amides is 2. The van der Waals surface area contributed by atoms with Crippen molar-refractivity contribution < 1.29 is 9.59 Å². The molecular weight excluding hydrogens is 396 g/mol. The predicted octanol–water partition coefficient (Wildman–Crippen LogP) is 4.12. The molecule has 3 aromatic rings. The molecular formula is C23H26N4O2S. The lowest BCUT2D eigenvalue weighted by molar-refractivity contribution is 0.0999. The summed E-state index contributed by atoms with van der Waals surface area (Å²) in [5.74, 6) is -0.807. The minimum atomic E-state index is -0.521. The first kappa shape index (κ1) is 20.5. The monoisotopic (exact) mass is 422 g/mol.